The third-order valence-electron chi connectivity index (χ3n) is 4.78. The summed E-state index contributed by atoms with van der Waals surface area (Å²) in [5, 5.41) is 10.4. The minimum Gasteiger partial charge on any atom is -0.491 e. The summed E-state index contributed by atoms with van der Waals surface area (Å²) < 4.78 is 12.6. The maximum Gasteiger partial charge on any atom is 0.162 e. The van der Waals surface area contributed by atoms with Gasteiger partial charge in [-0.25, -0.2) is 0 Å². The topological polar surface area (TPSA) is 59.0 Å². The third-order valence-corrected chi connectivity index (χ3v) is 5.27. The lowest BCUT2D eigenvalue weighted by molar-refractivity contribution is -0.0459. The summed E-state index contributed by atoms with van der Waals surface area (Å²) >= 11 is 3.50. The van der Waals surface area contributed by atoms with E-state index in [1.54, 1.807) is 24.3 Å². The molecule has 6 heteroatoms. The lowest BCUT2D eigenvalue weighted by atomic mass is 10.1. The van der Waals surface area contributed by atoms with Crippen LogP contribution in [0.25, 0.3) is 0 Å². The predicted molar refractivity (Wildman–Crippen MR) is 112 cm³/mol. The van der Waals surface area contributed by atoms with E-state index in [0.29, 0.717) is 30.9 Å². The molecule has 0 aromatic heterocycles. The van der Waals surface area contributed by atoms with Crippen LogP contribution in [0.5, 0.6) is 5.75 Å². The number of morpholine rings is 1. The van der Waals surface area contributed by atoms with E-state index in [-0.39, 0.29) is 18.5 Å². The van der Waals surface area contributed by atoms with Crippen molar-refractivity contribution in [2.24, 2.45) is 0 Å². The van der Waals surface area contributed by atoms with Crippen molar-refractivity contribution in [1.82, 2.24) is 4.90 Å². The van der Waals surface area contributed by atoms with Gasteiger partial charge >= 0.3 is 0 Å². The number of aliphatic hydroxyl groups excluding tert-OH is 1. The fourth-order valence-electron chi connectivity index (χ4n) is 3.26. The summed E-state index contributed by atoms with van der Waals surface area (Å²) in [5.74, 6) is 0.764. The van der Waals surface area contributed by atoms with Gasteiger partial charge in [-0.05, 0) is 42.0 Å². The smallest absolute Gasteiger partial charge is 0.162 e. The number of hydrogen-bond donors (Lipinski definition) is 1. The number of ether oxygens (including phenoxy) is 2. The van der Waals surface area contributed by atoms with Gasteiger partial charge in [0.2, 0.25) is 0 Å². The highest BCUT2D eigenvalue weighted by Crippen LogP contribution is 2.25. The Bertz CT molecular complexity index is 780. The van der Waals surface area contributed by atoms with Crippen molar-refractivity contribution < 1.29 is 19.4 Å². The van der Waals surface area contributed by atoms with E-state index in [4.69, 9.17) is 9.47 Å². The summed E-state index contributed by atoms with van der Waals surface area (Å²) in [6, 6.07) is 15.2. The van der Waals surface area contributed by atoms with Crippen molar-refractivity contribution in [2.45, 2.75) is 25.6 Å². The SMILES string of the molecule is CCC(=O)c1ccc(OCC(O)CN2CCOC(c3cccc(Br)c3)C2)cc1. The molecule has 2 aromatic carbocycles. The molecule has 1 saturated heterocycles. The first-order valence-corrected chi connectivity index (χ1v) is 10.4. The van der Waals surface area contributed by atoms with Gasteiger partial charge in [-0.15, -0.1) is 0 Å². The van der Waals surface area contributed by atoms with Crippen molar-refractivity contribution in [2.75, 3.05) is 32.8 Å². The number of carbonyl (C=O) groups excluding carboxylic acids is 1. The Morgan fingerprint density at radius 1 is 1.32 bits per heavy atom. The molecule has 1 aliphatic rings. The van der Waals surface area contributed by atoms with Crippen LogP contribution in [0, 0.1) is 0 Å². The number of β-amino-alcohol motifs (C(OH)–C–C–N with tert-alkyl or cyclic N) is 1. The first kappa shape index (κ1) is 21.0. The standard InChI is InChI=1S/C22H26BrNO4/c1-2-21(26)16-6-8-20(9-7-16)28-15-19(25)13-24-10-11-27-22(14-24)17-4-3-5-18(23)12-17/h3-9,12,19,22,25H,2,10-11,13-15H2,1H3. The molecule has 2 atom stereocenters. The minimum atomic E-state index is -0.599. The number of rotatable bonds is 8. The van der Waals surface area contributed by atoms with Crippen molar-refractivity contribution in [3.8, 4) is 5.75 Å². The number of ketones is 1. The molecule has 150 valence electrons. The maximum atomic E-state index is 11.7. The molecule has 2 unspecified atom stereocenters. The van der Waals surface area contributed by atoms with Crippen LogP contribution in [0.15, 0.2) is 53.0 Å². The van der Waals surface area contributed by atoms with E-state index >= 15 is 0 Å². The van der Waals surface area contributed by atoms with Crippen molar-refractivity contribution >= 4 is 21.7 Å². The summed E-state index contributed by atoms with van der Waals surface area (Å²) in [7, 11) is 0. The lowest BCUT2D eigenvalue weighted by Gasteiger charge is -2.34. The van der Waals surface area contributed by atoms with Crippen molar-refractivity contribution in [3.05, 3.63) is 64.1 Å². The van der Waals surface area contributed by atoms with Crippen LogP contribution in [-0.4, -0.2) is 54.7 Å². The van der Waals surface area contributed by atoms with Crippen LogP contribution in [0.2, 0.25) is 0 Å². The molecule has 0 aliphatic carbocycles. The van der Waals surface area contributed by atoms with Crippen LogP contribution in [-0.2, 0) is 4.74 Å². The highest BCUT2D eigenvalue weighted by molar-refractivity contribution is 9.10. The van der Waals surface area contributed by atoms with Gasteiger partial charge in [0.15, 0.2) is 5.78 Å². The molecule has 0 saturated carbocycles. The predicted octanol–water partition coefficient (Wildman–Crippen LogP) is 3.86. The number of nitrogens with zero attached hydrogens (tertiary/aromatic N) is 1. The minimum absolute atomic E-state index is 0.00279. The molecule has 1 aliphatic heterocycles. The lowest BCUT2D eigenvalue weighted by Crippen LogP contribution is -2.43. The van der Waals surface area contributed by atoms with Crippen molar-refractivity contribution in [3.63, 3.8) is 0 Å². The molecule has 1 heterocycles. The Balaban J connectivity index is 1.47. The van der Waals surface area contributed by atoms with E-state index in [0.717, 1.165) is 23.1 Å². The second-order valence-electron chi connectivity index (χ2n) is 6.94. The quantitative estimate of drug-likeness (QED) is 0.622. The third kappa shape index (κ3) is 5.88. The average Bonchev–Trinajstić information content (AvgIpc) is 2.72. The molecule has 0 amide bonds. The summed E-state index contributed by atoms with van der Waals surface area (Å²) in [5.41, 5.74) is 1.81. The van der Waals surface area contributed by atoms with E-state index in [2.05, 4.69) is 33.0 Å². The highest BCUT2D eigenvalue weighted by Gasteiger charge is 2.24. The van der Waals surface area contributed by atoms with Gasteiger partial charge in [0, 0.05) is 36.1 Å². The van der Waals surface area contributed by atoms with Gasteiger partial charge in [-0.1, -0.05) is 35.0 Å². The van der Waals surface area contributed by atoms with Gasteiger partial charge < -0.3 is 14.6 Å². The van der Waals surface area contributed by atoms with Gasteiger partial charge in [0.05, 0.1) is 12.7 Å². The summed E-state index contributed by atoms with van der Waals surface area (Å²) in [4.78, 5) is 13.9. The molecule has 1 N–H and O–H groups in total. The number of hydrogen-bond acceptors (Lipinski definition) is 5. The number of carbonyl (C=O) groups is 1. The largest absolute Gasteiger partial charge is 0.491 e. The van der Waals surface area contributed by atoms with E-state index < -0.39 is 6.10 Å². The first-order chi connectivity index (χ1) is 13.5. The Kier molecular flexibility index (Phi) is 7.62. The molecule has 5 nitrogen and oxygen atoms in total. The van der Waals surface area contributed by atoms with Crippen LogP contribution in [0.4, 0.5) is 0 Å². The zero-order chi connectivity index (χ0) is 19.9. The van der Waals surface area contributed by atoms with Crippen LogP contribution in [0.3, 0.4) is 0 Å². The summed E-state index contributed by atoms with van der Waals surface area (Å²) in [6.07, 6.45) is -0.111. The number of halogens is 1. The Hall–Kier alpha value is -1.73. The summed E-state index contributed by atoms with van der Waals surface area (Å²) in [6.45, 7) is 4.74. The normalized spacial score (nSPS) is 18.6. The monoisotopic (exact) mass is 447 g/mol. The fourth-order valence-corrected chi connectivity index (χ4v) is 3.68. The number of benzene rings is 2. The molecule has 0 radical (unpaired) electrons. The highest BCUT2D eigenvalue weighted by atomic mass is 79.9. The van der Waals surface area contributed by atoms with Gasteiger partial charge in [0.1, 0.15) is 18.5 Å². The Morgan fingerprint density at radius 2 is 2.11 bits per heavy atom. The Morgan fingerprint density at radius 3 is 2.82 bits per heavy atom. The fraction of sp³-hybridized carbons (Fsp3) is 0.409. The maximum absolute atomic E-state index is 11.7. The van der Waals surface area contributed by atoms with E-state index in [9.17, 15) is 9.90 Å². The van der Waals surface area contributed by atoms with Gasteiger partial charge in [-0.3, -0.25) is 9.69 Å². The molecule has 2 aromatic rings. The van der Waals surface area contributed by atoms with Crippen LogP contribution >= 0.6 is 15.9 Å². The second kappa shape index (κ2) is 10.2. The number of aliphatic hydroxyl groups is 1. The molecular weight excluding hydrogens is 422 g/mol. The Labute approximate surface area is 174 Å². The molecular formula is C22H26BrNO4. The average molecular weight is 448 g/mol. The molecule has 3 rings (SSSR count). The van der Waals surface area contributed by atoms with Crippen LogP contribution in [0.1, 0.15) is 35.4 Å². The van der Waals surface area contributed by atoms with E-state index in [1.807, 2.05) is 19.1 Å². The number of Topliss-reactive ketones (excluding diaryl/α,β-unsaturated/α-hetero) is 1. The second-order valence-corrected chi connectivity index (χ2v) is 7.86. The molecule has 28 heavy (non-hydrogen) atoms. The van der Waals surface area contributed by atoms with Gasteiger partial charge in [0.25, 0.3) is 0 Å². The van der Waals surface area contributed by atoms with E-state index in [1.165, 1.54) is 0 Å². The molecule has 0 spiro atoms. The van der Waals surface area contributed by atoms with Crippen molar-refractivity contribution in [1.29, 1.82) is 0 Å². The zero-order valence-corrected chi connectivity index (χ0v) is 17.6. The molecule has 0 bridgehead atoms. The molecule has 1 fully saturated rings. The zero-order valence-electron chi connectivity index (χ0n) is 16.0. The van der Waals surface area contributed by atoms with Gasteiger partial charge in [-0.2, -0.15) is 0 Å². The first-order valence-electron chi connectivity index (χ1n) is 9.58. The van der Waals surface area contributed by atoms with Crippen LogP contribution < -0.4 is 4.74 Å².